The third kappa shape index (κ3) is 4.15. The normalized spacial score (nSPS) is 11.4. The molecule has 1 aromatic carbocycles. The highest BCUT2D eigenvalue weighted by atomic mass is 16.5. The van der Waals surface area contributed by atoms with Gasteiger partial charge in [0.05, 0.1) is 6.61 Å². The lowest BCUT2D eigenvalue weighted by Crippen LogP contribution is -2.16. The Morgan fingerprint density at radius 1 is 1.35 bits per heavy atom. The number of phenols is 1. The van der Waals surface area contributed by atoms with Gasteiger partial charge in [-0.25, -0.2) is 0 Å². The van der Waals surface area contributed by atoms with Crippen LogP contribution in [-0.2, 0) is 10.2 Å². The second-order valence-electron chi connectivity index (χ2n) is 5.72. The van der Waals surface area contributed by atoms with Crippen molar-refractivity contribution < 1.29 is 19.7 Å². The number of hydrogen-bond donors (Lipinski definition) is 2. The zero-order valence-electron chi connectivity index (χ0n) is 12.7. The van der Waals surface area contributed by atoms with Crippen molar-refractivity contribution in [3.8, 4) is 11.5 Å². The summed E-state index contributed by atoms with van der Waals surface area (Å²) in [6.45, 7) is 8.44. The molecule has 1 aromatic rings. The first-order chi connectivity index (χ1) is 9.27. The molecule has 0 bridgehead atoms. The highest BCUT2D eigenvalue weighted by molar-refractivity contribution is 5.66. The van der Waals surface area contributed by atoms with Crippen molar-refractivity contribution in [3.63, 3.8) is 0 Å². The van der Waals surface area contributed by atoms with Crippen molar-refractivity contribution in [1.29, 1.82) is 0 Å². The molecule has 4 nitrogen and oxygen atoms in total. The number of phenolic OH excluding ortho intramolecular Hbond substituents is 1. The van der Waals surface area contributed by atoms with Gasteiger partial charge in [0.15, 0.2) is 0 Å². The maximum absolute atomic E-state index is 10.4. The fourth-order valence-electron chi connectivity index (χ4n) is 1.95. The molecule has 1 rings (SSSR count). The number of aromatic hydroxyl groups is 1. The summed E-state index contributed by atoms with van der Waals surface area (Å²) < 4.78 is 5.60. The number of rotatable bonds is 7. The van der Waals surface area contributed by atoms with E-state index in [0.29, 0.717) is 24.5 Å². The number of aryl methyl sites for hydroxylation is 1. The fraction of sp³-hybridized carbons (Fsp3) is 0.562. The van der Waals surface area contributed by atoms with E-state index in [1.807, 2.05) is 13.0 Å². The van der Waals surface area contributed by atoms with Crippen LogP contribution >= 0.6 is 0 Å². The number of hydrogen-bond acceptors (Lipinski definition) is 3. The Morgan fingerprint density at radius 2 is 2.00 bits per heavy atom. The molecule has 4 heteroatoms. The second kappa shape index (κ2) is 6.64. The first-order valence-corrected chi connectivity index (χ1v) is 6.96. The zero-order valence-corrected chi connectivity index (χ0v) is 12.7. The number of aliphatic carboxylic acids is 1. The van der Waals surface area contributed by atoms with Crippen LogP contribution in [0.3, 0.4) is 0 Å². The van der Waals surface area contributed by atoms with Gasteiger partial charge in [-0.3, -0.25) is 4.79 Å². The molecule has 0 fully saturated rings. The van der Waals surface area contributed by atoms with Gasteiger partial charge in [-0.15, -0.1) is 0 Å². The number of carbonyl (C=O) groups is 1. The first-order valence-electron chi connectivity index (χ1n) is 6.96. The van der Waals surface area contributed by atoms with Gasteiger partial charge in [-0.1, -0.05) is 20.8 Å². The first kappa shape index (κ1) is 16.3. The lowest BCUT2D eigenvalue weighted by molar-refractivity contribution is -0.137. The van der Waals surface area contributed by atoms with E-state index in [-0.39, 0.29) is 11.8 Å². The Bertz CT molecular complexity index is 478. The maximum Gasteiger partial charge on any atom is 0.303 e. The SMILES string of the molecule is CCC(C)(C)c1cc(OCCCC(=O)O)cc(C)c1O. The third-order valence-electron chi connectivity index (χ3n) is 3.69. The minimum atomic E-state index is -0.816. The van der Waals surface area contributed by atoms with Crippen LogP contribution in [0, 0.1) is 6.92 Å². The molecular weight excluding hydrogens is 256 g/mol. The van der Waals surface area contributed by atoms with Gasteiger partial charge in [0.1, 0.15) is 11.5 Å². The van der Waals surface area contributed by atoms with Gasteiger partial charge in [0.2, 0.25) is 0 Å². The molecule has 0 aliphatic rings. The van der Waals surface area contributed by atoms with E-state index in [1.165, 1.54) is 0 Å². The van der Waals surface area contributed by atoms with Crippen molar-refractivity contribution in [2.24, 2.45) is 0 Å². The van der Waals surface area contributed by atoms with E-state index in [2.05, 4.69) is 20.8 Å². The number of benzene rings is 1. The summed E-state index contributed by atoms with van der Waals surface area (Å²) in [6.07, 6.45) is 1.48. The average molecular weight is 280 g/mol. The molecule has 0 radical (unpaired) electrons. The van der Waals surface area contributed by atoms with Gasteiger partial charge in [0.25, 0.3) is 0 Å². The molecule has 0 saturated carbocycles. The third-order valence-corrected chi connectivity index (χ3v) is 3.69. The van der Waals surface area contributed by atoms with Crippen molar-refractivity contribution >= 4 is 5.97 Å². The van der Waals surface area contributed by atoms with E-state index in [4.69, 9.17) is 9.84 Å². The Kier molecular flexibility index (Phi) is 5.43. The number of carboxylic acid groups (broad SMARTS) is 1. The Hall–Kier alpha value is -1.71. The molecule has 0 aromatic heterocycles. The van der Waals surface area contributed by atoms with Gasteiger partial charge in [-0.05, 0) is 42.9 Å². The minimum absolute atomic E-state index is 0.102. The van der Waals surface area contributed by atoms with Crippen molar-refractivity contribution in [2.75, 3.05) is 6.61 Å². The van der Waals surface area contributed by atoms with Gasteiger partial charge in [-0.2, -0.15) is 0 Å². The number of carboxylic acids is 1. The maximum atomic E-state index is 10.4. The summed E-state index contributed by atoms with van der Waals surface area (Å²) in [5.74, 6) is 0.181. The minimum Gasteiger partial charge on any atom is -0.507 e. The van der Waals surface area contributed by atoms with E-state index in [9.17, 15) is 9.90 Å². The second-order valence-corrected chi connectivity index (χ2v) is 5.72. The smallest absolute Gasteiger partial charge is 0.303 e. The molecule has 0 aliphatic carbocycles. The molecule has 0 unspecified atom stereocenters. The molecule has 20 heavy (non-hydrogen) atoms. The molecule has 0 aliphatic heterocycles. The zero-order chi connectivity index (χ0) is 15.3. The van der Waals surface area contributed by atoms with E-state index in [0.717, 1.165) is 17.5 Å². The van der Waals surface area contributed by atoms with E-state index in [1.54, 1.807) is 6.07 Å². The highest BCUT2D eigenvalue weighted by Crippen LogP contribution is 2.38. The van der Waals surface area contributed by atoms with Crippen LogP contribution in [0.1, 0.15) is 51.2 Å². The average Bonchev–Trinajstić information content (AvgIpc) is 2.38. The van der Waals surface area contributed by atoms with Crippen LogP contribution < -0.4 is 4.74 Å². The molecule has 0 heterocycles. The molecular formula is C16H24O4. The predicted octanol–water partition coefficient (Wildman–Crippen LogP) is 3.63. The van der Waals surface area contributed by atoms with Gasteiger partial charge in [0, 0.05) is 12.0 Å². The Labute approximate surface area is 120 Å². The molecule has 112 valence electrons. The summed E-state index contributed by atoms with van der Waals surface area (Å²) in [4.78, 5) is 10.4. The van der Waals surface area contributed by atoms with Gasteiger partial charge >= 0.3 is 5.97 Å². The number of ether oxygens (including phenoxy) is 1. The van der Waals surface area contributed by atoms with Gasteiger partial charge < -0.3 is 14.9 Å². The van der Waals surface area contributed by atoms with Crippen LogP contribution in [0.25, 0.3) is 0 Å². The van der Waals surface area contributed by atoms with Crippen LogP contribution in [0.4, 0.5) is 0 Å². The Balaban J connectivity index is 2.86. The fourth-order valence-corrected chi connectivity index (χ4v) is 1.95. The summed E-state index contributed by atoms with van der Waals surface area (Å²) in [7, 11) is 0. The van der Waals surface area contributed by atoms with Crippen LogP contribution in [0.2, 0.25) is 0 Å². The summed E-state index contributed by atoms with van der Waals surface area (Å²) >= 11 is 0. The molecule has 0 amide bonds. The molecule has 0 atom stereocenters. The van der Waals surface area contributed by atoms with E-state index < -0.39 is 5.97 Å². The standard InChI is InChI=1S/C16H24O4/c1-5-16(3,4)13-10-12(9-11(2)15(13)19)20-8-6-7-14(17)18/h9-10,19H,5-8H2,1-4H3,(H,17,18). The van der Waals surface area contributed by atoms with Crippen molar-refractivity contribution in [2.45, 2.75) is 52.4 Å². The lowest BCUT2D eigenvalue weighted by Gasteiger charge is -2.26. The van der Waals surface area contributed by atoms with Crippen molar-refractivity contribution in [3.05, 3.63) is 23.3 Å². The Morgan fingerprint density at radius 3 is 2.55 bits per heavy atom. The largest absolute Gasteiger partial charge is 0.507 e. The van der Waals surface area contributed by atoms with Crippen LogP contribution in [0.5, 0.6) is 11.5 Å². The van der Waals surface area contributed by atoms with Crippen LogP contribution in [-0.4, -0.2) is 22.8 Å². The molecule has 0 saturated heterocycles. The van der Waals surface area contributed by atoms with E-state index >= 15 is 0 Å². The summed E-state index contributed by atoms with van der Waals surface area (Å²) in [6, 6.07) is 3.64. The highest BCUT2D eigenvalue weighted by Gasteiger charge is 2.23. The topological polar surface area (TPSA) is 66.8 Å². The van der Waals surface area contributed by atoms with Crippen molar-refractivity contribution in [1.82, 2.24) is 0 Å². The molecule has 2 N–H and O–H groups in total. The summed E-state index contributed by atoms with van der Waals surface area (Å²) in [5.41, 5.74) is 1.51. The molecule has 0 spiro atoms. The predicted molar refractivity (Wildman–Crippen MR) is 78.5 cm³/mol. The summed E-state index contributed by atoms with van der Waals surface area (Å²) in [5, 5.41) is 18.8. The lowest BCUT2D eigenvalue weighted by atomic mass is 9.81. The quantitative estimate of drug-likeness (QED) is 0.748. The van der Waals surface area contributed by atoms with Crippen LogP contribution in [0.15, 0.2) is 12.1 Å². The monoisotopic (exact) mass is 280 g/mol.